The van der Waals surface area contributed by atoms with Gasteiger partial charge in [0.05, 0.1) is 16.5 Å². The second-order valence-corrected chi connectivity index (χ2v) is 9.55. The minimum atomic E-state index is -1.20. The number of amides is 2. The number of benzene rings is 2. The van der Waals surface area contributed by atoms with Crippen molar-refractivity contribution in [1.82, 2.24) is 20.6 Å². The molecular formula is C27H29FN6O5. The lowest BCUT2D eigenvalue weighted by atomic mass is 10.1. The molecule has 0 fully saturated rings. The molecule has 1 aromatic heterocycles. The van der Waals surface area contributed by atoms with Crippen LogP contribution < -0.4 is 22.1 Å². The van der Waals surface area contributed by atoms with Gasteiger partial charge in [-0.1, -0.05) is 11.8 Å². The summed E-state index contributed by atoms with van der Waals surface area (Å²) in [5.74, 6) is 2.93. The number of carbonyl (C=O) groups excluding carboxylic acids is 2. The van der Waals surface area contributed by atoms with E-state index in [-0.39, 0.29) is 46.8 Å². The summed E-state index contributed by atoms with van der Waals surface area (Å²) in [6, 6.07) is 7.91. The van der Waals surface area contributed by atoms with Gasteiger partial charge in [-0.15, -0.1) is 0 Å². The van der Waals surface area contributed by atoms with Crippen molar-refractivity contribution in [2.45, 2.75) is 45.3 Å². The van der Waals surface area contributed by atoms with Gasteiger partial charge in [0.1, 0.15) is 17.5 Å². The highest BCUT2D eigenvalue weighted by Crippen LogP contribution is 2.24. The van der Waals surface area contributed by atoms with Gasteiger partial charge >= 0.3 is 12.1 Å². The van der Waals surface area contributed by atoms with Crippen LogP contribution in [0.2, 0.25) is 0 Å². The van der Waals surface area contributed by atoms with Crippen molar-refractivity contribution in [3.05, 3.63) is 58.9 Å². The van der Waals surface area contributed by atoms with Gasteiger partial charge in [-0.3, -0.25) is 4.79 Å². The molecule has 0 bridgehead atoms. The molecular weight excluding hydrogens is 507 g/mol. The maximum Gasteiger partial charge on any atom is 0.407 e. The number of nitrogens with zero attached hydrogens (tertiary/aromatic N) is 2. The predicted octanol–water partition coefficient (Wildman–Crippen LogP) is 2.82. The number of carbonyl (C=O) groups is 3. The Morgan fingerprint density at radius 1 is 1.08 bits per heavy atom. The predicted molar refractivity (Wildman–Crippen MR) is 143 cm³/mol. The number of hydrogen-bond donors (Lipinski definition) is 5. The summed E-state index contributed by atoms with van der Waals surface area (Å²) in [4.78, 5) is 43.6. The lowest BCUT2D eigenvalue weighted by molar-refractivity contribution is -0.139. The van der Waals surface area contributed by atoms with Crippen LogP contribution in [-0.4, -0.2) is 51.2 Å². The van der Waals surface area contributed by atoms with E-state index in [2.05, 4.69) is 32.4 Å². The number of fused-ring (bicyclic) bond motifs is 1. The number of anilines is 2. The number of halogens is 1. The lowest BCUT2D eigenvalue weighted by Crippen LogP contribution is -2.41. The third-order valence-electron chi connectivity index (χ3n) is 5.28. The Morgan fingerprint density at radius 3 is 2.41 bits per heavy atom. The van der Waals surface area contributed by atoms with E-state index in [1.165, 1.54) is 24.3 Å². The highest BCUT2D eigenvalue weighted by molar-refractivity contribution is 5.96. The van der Waals surface area contributed by atoms with Gasteiger partial charge in [0.15, 0.2) is 5.82 Å². The smallest absolute Gasteiger partial charge is 0.407 e. The Hall–Kier alpha value is -4.92. The molecule has 0 aliphatic heterocycles. The van der Waals surface area contributed by atoms with Crippen molar-refractivity contribution in [3.63, 3.8) is 0 Å². The summed E-state index contributed by atoms with van der Waals surface area (Å²) >= 11 is 0. The molecule has 39 heavy (non-hydrogen) atoms. The van der Waals surface area contributed by atoms with Gasteiger partial charge in [-0.2, -0.15) is 4.98 Å². The van der Waals surface area contributed by atoms with Crippen molar-refractivity contribution in [2.24, 2.45) is 0 Å². The number of carboxylic acid groups (broad SMARTS) is 1. The Bertz CT molecular complexity index is 1460. The van der Waals surface area contributed by atoms with Gasteiger partial charge in [0, 0.05) is 17.7 Å². The van der Waals surface area contributed by atoms with Gasteiger partial charge < -0.3 is 31.9 Å². The van der Waals surface area contributed by atoms with Crippen molar-refractivity contribution >= 4 is 40.6 Å². The molecule has 12 heteroatoms. The average molecular weight is 537 g/mol. The molecule has 7 N–H and O–H groups in total. The molecule has 1 heterocycles. The van der Waals surface area contributed by atoms with Crippen LogP contribution in [0.1, 0.15) is 55.1 Å². The van der Waals surface area contributed by atoms with Gasteiger partial charge in [-0.05, 0) is 70.0 Å². The Kier molecular flexibility index (Phi) is 8.88. The van der Waals surface area contributed by atoms with Crippen LogP contribution in [0.25, 0.3) is 10.9 Å². The minimum Gasteiger partial charge on any atom is -0.480 e. The zero-order valence-corrected chi connectivity index (χ0v) is 21.7. The molecule has 204 valence electrons. The third kappa shape index (κ3) is 8.03. The number of alkyl carbamates (subject to hydrolysis) is 1. The largest absolute Gasteiger partial charge is 0.480 e. The summed E-state index contributed by atoms with van der Waals surface area (Å²) < 4.78 is 20.0. The molecule has 0 aliphatic carbocycles. The van der Waals surface area contributed by atoms with Gasteiger partial charge in [-0.25, -0.2) is 19.0 Å². The normalized spacial score (nSPS) is 11.7. The fourth-order valence-electron chi connectivity index (χ4n) is 3.48. The standard InChI is InChI=1S/C27H29FN6O5/c1-27(2,3)39-26(38)31-14-4-5-19(24(36)37)32-23(35)17-10-7-15(8-11-17)6-9-16-12-13-18-20(21(16)28)22(29)34-25(30)33-18/h7-8,10-13,19H,4-5,14H2,1-3H3,(H,31,38)(H,32,35)(H,36,37)(H4,29,30,33,34). The van der Waals surface area contributed by atoms with Crippen LogP contribution in [0.5, 0.6) is 0 Å². The van der Waals surface area contributed by atoms with Crippen molar-refractivity contribution in [3.8, 4) is 11.8 Å². The molecule has 0 spiro atoms. The lowest BCUT2D eigenvalue weighted by Gasteiger charge is -2.20. The molecule has 2 amide bonds. The minimum absolute atomic E-state index is 0.0247. The highest BCUT2D eigenvalue weighted by atomic mass is 19.1. The van der Waals surface area contributed by atoms with Gasteiger partial charge in [0.2, 0.25) is 5.95 Å². The van der Waals surface area contributed by atoms with Crippen molar-refractivity contribution < 1.29 is 28.6 Å². The quantitative estimate of drug-likeness (QED) is 0.224. The van der Waals surface area contributed by atoms with E-state index in [1.807, 2.05) is 0 Å². The van der Waals surface area contributed by atoms with Crippen LogP contribution in [0.3, 0.4) is 0 Å². The van der Waals surface area contributed by atoms with E-state index in [0.29, 0.717) is 12.0 Å². The summed E-state index contributed by atoms with van der Waals surface area (Å²) in [6.07, 6.45) is -0.199. The Labute approximate surface area is 224 Å². The highest BCUT2D eigenvalue weighted by Gasteiger charge is 2.21. The van der Waals surface area contributed by atoms with Crippen LogP contribution in [0.15, 0.2) is 36.4 Å². The molecule has 3 aromatic rings. The number of nitrogen functional groups attached to an aromatic ring is 2. The fraction of sp³-hybridized carbons (Fsp3) is 0.296. The first-order valence-corrected chi connectivity index (χ1v) is 12.0. The SMILES string of the molecule is CC(C)(C)OC(=O)NCCCC(NC(=O)c1ccc(C#Cc2ccc3nc(N)nc(N)c3c2F)cc1)C(=O)O. The van der Waals surface area contributed by atoms with E-state index in [9.17, 15) is 23.9 Å². The summed E-state index contributed by atoms with van der Waals surface area (Å²) in [5, 5.41) is 14.5. The summed E-state index contributed by atoms with van der Waals surface area (Å²) in [7, 11) is 0. The van der Waals surface area contributed by atoms with E-state index >= 15 is 0 Å². The van der Waals surface area contributed by atoms with Crippen LogP contribution in [0.4, 0.5) is 21.0 Å². The number of rotatable bonds is 7. The number of nitrogens with one attached hydrogen (secondary N) is 2. The third-order valence-corrected chi connectivity index (χ3v) is 5.28. The van der Waals surface area contributed by atoms with E-state index in [0.717, 1.165) is 0 Å². The topological polar surface area (TPSA) is 183 Å². The number of aliphatic carboxylic acids is 1. The maximum absolute atomic E-state index is 14.9. The second kappa shape index (κ2) is 12.1. The first-order valence-electron chi connectivity index (χ1n) is 12.0. The van der Waals surface area contributed by atoms with Crippen LogP contribution in [-0.2, 0) is 9.53 Å². The molecule has 1 unspecified atom stereocenters. The van der Waals surface area contributed by atoms with Crippen molar-refractivity contribution in [2.75, 3.05) is 18.0 Å². The summed E-state index contributed by atoms with van der Waals surface area (Å²) in [5.41, 5.74) is 11.7. The van der Waals surface area contributed by atoms with Crippen molar-refractivity contribution in [1.29, 1.82) is 0 Å². The molecule has 1 atom stereocenters. The molecule has 3 rings (SSSR count). The number of aromatic nitrogens is 2. The molecule has 0 saturated heterocycles. The zero-order valence-electron chi connectivity index (χ0n) is 21.7. The first-order chi connectivity index (χ1) is 18.3. The first kappa shape index (κ1) is 28.6. The Morgan fingerprint density at radius 2 is 1.77 bits per heavy atom. The number of hydrogen-bond acceptors (Lipinski definition) is 8. The maximum atomic E-state index is 14.9. The van der Waals surface area contributed by atoms with E-state index in [1.54, 1.807) is 32.9 Å². The average Bonchev–Trinajstić information content (AvgIpc) is 2.84. The van der Waals surface area contributed by atoms with Crippen LogP contribution in [0, 0.1) is 17.7 Å². The molecule has 2 aromatic carbocycles. The summed E-state index contributed by atoms with van der Waals surface area (Å²) in [6.45, 7) is 5.38. The Balaban J connectivity index is 1.61. The monoisotopic (exact) mass is 536 g/mol. The second-order valence-electron chi connectivity index (χ2n) is 9.55. The van der Waals surface area contributed by atoms with Crippen LogP contribution >= 0.6 is 0 Å². The molecule has 0 aliphatic rings. The number of nitrogens with two attached hydrogens (primary N) is 2. The number of carboxylic acids is 1. The number of ether oxygens (including phenoxy) is 1. The fourth-order valence-corrected chi connectivity index (χ4v) is 3.48. The van der Waals surface area contributed by atoms with E-state index < -0.39 is 35.4 Å². The van der Waals surface area contributed by atoms with E-state index in [4.69, 9.17) is 16.2 Å². The van der Waals surface area contributed by atoms with Gasteiger partial charge in [0.25, 0.3) is 5.91 Å². The zero-order chi connectivity index (χ0) is 28.7. The molecule has 0 saturated carbocycles. The molecule has 0 radical (unpaired) electrons. The molecule has 11 nitrogen and oxygen atoms in total.